The van der Waals surface area contributed by atoms with E-state index in [-0.39, 0.29) is 6.61 Å². The van der Waals surface area contributed by atoms with Crippen molar-refractivity contribution in [3.8, 4) is 0 Å². The van der Waals surface area contributed by atoms with Gasteiger partial charge in [0.2, 0.25) is 0 Å². The van der Waals surface area contributed by atoms with Crippen LogP contribution in [0.5, 0.6) is 0 Å². The van der Waals surface area contributed by atoms with Gasteiger partial charge in [-0.1, -0.05) is 0 Å². The molecule has 2 rings (SSSR count). The molecule has 0 unspecified atom stereocenters. The van der Waals surface area contributed by atoms with Gasteiger partial charge in [0, 0.05) is 37.6 Å². The van der Waals surface area contributed by atoms with E-state index in [1.165, 1.54) is 0 Å². The molecule has 0 amide bonds. The Kier molecular flexibility index (Phi) is 5.45. The molecule has 8 heteroatoms. The minimum absolute atomic E-state index is 0.114. The van der Waals surface area contributed by atoms with Crippen LogP contribution >= 0.6 is 11.3 Å². The van der Waals surface area contributed by atoms with Crippen molar-refractivity contribution in [3.05, 3.63) is 11.1 Å². The van der Waals surface area contributed by atoms with Gasteiger partial charge in [0.15, 0.2) is 5.13 Å². The number of halogens is 3. The van der Waals surface area contributed by atoms with Gasteiger partial charge in [-0.25, -0.2) is 4.98 Å². The van der Waals surface area contributed by atoms with Crippen molar-refractivity contribution in [2.75, 3.05) is 44.3 Å². The number of piperazine rings is 1. The number of rotatable bonds is 5. The van der Waals surface area contributed by atoms with Crippen LogP contribution in [0.25, 0.3) is 0 Å². The summed E-state index contributed by atoms with van der Waals surface area (Å²) in [5.41, 5.74) is 1.02. The summed E-state index contributed by atoms with van der Waals surface area (Å²) in [5, 5.41) is 3.05. The van der Waals surface area contributed by atoms with Crippen molar-refractivity contribution in [3.63, 3.8) is 0 Å². The Hall–Kier alpha value is -0.860. The van der Waals surface area contributed by atoms with Gasteiger partial charge in [0.25, 0.3) is 0 Å². The number of hydrogen-bond acceptors (Lipinski definition) is 5. The van der Waals surface area contributed by atoms with E-state index in [1.54, 1.807) is 11.3 Å². The van der Waals surface area contributed by atoms with Crippen LogP contribution in [-0.2, 0) is 4.74 Å². The molecule has 0 spiro atoms. The second-order valence-electron chi connectivity index (χ2n) is 5.28. The average molecular weight is 323 g/mol. The predicted molar refractivity (Wildman–Crippen MR) is 77.0 cm³/mol. The lowest BCUT2D eigenvalue weighted by atomic mass is 10.2. The van der Waals surface area contributed by atoms with Gasteiger partial charge in [-0.3, -0.25) is 4.90 Å². The summed E-state index contributed by atoms with van der Waals surface area (Å²) < 4.78 is 40.6. The molecule has 1 aromatic rings. The smallest absolute Gasteiger partial charge is 0.371 e. The zero-order chi connectivity index (χ0) is 15.5. The van der Waals surface area contributed by atoms with Crippen molar-refractivity contribution < 1.29 is 17.9 Å². The first-order valence-corrected chi connectivity index (χ1v) is 7.79. The standard InChI is InChI=1S/C13H20F3N3OS/c1-10-8-21-12(17-10)19-4-3-18(7-11(19)2)5-6-20-9-13(14,15)16/h8,11H,3-7,9H2,1-2H3/t11-/m0/s1. The maximum atomic E-state index is 12.0. The summed E-state index contributed by atoms with van der Waals surface area (Å²) in [5.74, 6) is 0. The fraction of sp³-hybridized carbons (Fsp3) is 0.769. The minimum Gasteiger partial charge on any atom is -0.371 e. The number of hydrogen-bond donors (Lipinski definition) is 0. The molecule has 1 aliphatic heterocycles. The number of nitrogens with zero attached hydrogens (tertiary/aromatic N) is 3. The number of ether oxygens (including phenoxy) is 1. The van der Waals surface area contributed by atoms with Gasteiger partial charge in [-0.2, -0.15) is 13.2 Å². The maximum absolute atomic E-state index is 12.0. The molecular formula is C13H20F3N3OS. The third-order valence-corrected chi connectivity index (χ3v) is 4.38. The molecule has 0 aliphatic carbocycles. The third kappa shape index (κ3) is 5.12. The van der Waals surface area contributed by atoms with Crippen molar-refractivity contribution in [1.29, 1.82) is 0 Å². The summed E-state index contributed by atoms with van der Waals surface area (Å²) in [6.45, 7) is 6.03. The van der Waals surface area contributed by atoms with Crippen LogP contribution in [0.15, 0.2) is 5.38 Å². The van der Waals surface area contributed by atoms with Crippen molar-refractivity contribution in [2.45, 2.75) is 26.1 Å². The molecule has 1 aliphatic rings. The summed E-state index contributed by atoms with van der Waals surface area (Å²) in [6.07, 6.45) is -4.24. The molecule has 1 fully saturated rings. The molecule has 0 saturated carbocycles. The topological polar surface area (TPSA) is 28.6 Å². The Bertz CT molecular complexity index is 452. The van der Waals surface area contributed by atoms with Crippen LogP contribution in [0.4, 0.5) is 18.3 Å². The van der Waals surface area contributed by atoms with E-state index in [9.17, 15) is 13.2 Å². The zero-order valence-electron chi connectivity index (χ0n) is 12.2. The van der Waals surface area contributed by atoms with E-state index in [0.717, 1.165) is 30.5 Å². The van der Waals surface area contributed by atoms with Crippen molar-refractivity contribution >= 4 is 16.5 Å². The van der Waals surface area contributed by atoms with Gasteiger partial charge >= 0.3 is 6.18 Å². The van der Waals surface area contributed by atoms with E-state index in [1.807, 2.05) is 12.3 Å². The second-order valence-corrected chi connectivity index (χ2v) is 6.12. The molecule has 2 heterocycles. The van der Waals surface area contributed by atoms with Gasteiger partial charge in [-0.05, 0) is 13.8 Å². The first kappa shape index (κ1) is 16.5. The Labute approximate surface area is 126 Å². The van der Waals surface area contributed by atoms with E-state index >= 15 is 0 Å². The van der Waals surface area contributed by atoms with Crippen LogP contribution in [0.2, 0.25) is 0 Å². The Morgan fingerprint density at radius 3 is 2.76 bits per heavy atom. The predicted octanol–water partition coefficient (Wildman–Crippen LogP) is 2.54. The molecule has 0 N–H and O–H groups in total. The molecule has 0 aromatic carbocycles. The number of alkyl halides is 3. The number of aryl methyl sites for hydroxylation is 1. The monoisotopic (exact) mass is 323 g/mol. The Morgan fingerprint density at radius 2 is 2.19 bits per heavy atom. The zero-order valence-corrected chi connectivity index (χ0v) is 13.0. The quantitative estimate of drug-likeness (QED) is 0.779. The molecule has 21 heavy (non-hydrogen) atoms. The van der Waals surface area contributed by atoms with E-state index in [4.69, 9.17) is 0 Å². The largest absolute Gasteiger partial charge is 0.411 e. The van der Waals surface area contributed by atoms with Crippen LogP contribution < -0.4 is 4.90 Å². The van der Waals surface area contributed by atoms with E-state index < -0.39 is 12.8 Å². The summed E-state index contributed by atoms with van der Waals surface area (Å²) >= 11 is 1.63. The van der Waals surface area contributed by atoms with E-state index in [2.05, 4.69) is 26.4 Å². The molecule has 4 nitrogen and oxygen atoms in total. The molecule has 1 atom stereocenters. The summed E-state index contributed by atoms with van der Waals surface area (Å²) in [6, 6.07) is 0.298. The molecular weight excluding hydrogens is 303 g/mol. The number of thiazole rings is 1. The van der Waals surface area contributed by atoms with Gasteiger partial charge in [0.05, 0.1) is 12.3 Å². The van der Waals surface area contributed by atoms with Gasteiger partial charge in [-0.15, -0.1) is 11.3 Å². The number of anilines is 1. The molecule has 120 valence electrons. The molecule has 1 saturated heterocycles. The lowest BCUT2D eigenvalue weighted by Crippen LogP contribution is -2.52. The average Bonchev–Trinajstić information content (AvgIpc) is 2.80. The fourth-order valence-electron chi connectivity index (χ4n) is 2.38. The van der Waals surface area contributed by atoms with Crippen molar-refractivity contribution in [2.24, 2.45) is 0 Å². The van der Waals surface area contributed by atoms with Crippen molar-refractivity contribution in [1.82, 2.24) is 9.88 Å². The first-order chi connectivity index (χ1) is 9.85. The first-order valence-electron chi connectivity index (χ1n) is 6.91. The van der Waals surface area contributed by atoms with Crippen LogP contribution in [-0.4, -0.2) is 61.5 Å². The van der Waals surface area contributed by atoms with Gasteiger partial charge < -0.3 is 9.64 Å². The highest BCUT2D eigenvalue weighted by Crippen LogP contribution is 2.24. The highest BCUT2D eigenvalue weighted by molar-refractivity contribution is 7.13. The maximum Gasteiger partial charge on any atom is 0.411 e. The van der Waals surface area contributed by atoms with E-state index in [0.29, 0.717) is 12.6 Å². The molecule has 0 bridgehead atoms. The highest BCUT2D eigenvalue weighted by Gasteiger charge is 2.28. The van der Waals surface area contributed by atoms with Crippen LogP contribution in [0, 0.1) is 6.92 Å². The SMILES string of the molecule is Cc1csc(N2CCN(CCOCC(F)(F)F)C[C@@H]2C)n1. The third-order valence-electron chi connectivity index (χ3n) is 3.38. The highest BCUT2D eigenvalue weighted by atomic mass is 32.1. The van der Waals surface area contributed by atoms with Gasteiger partial charge in [0.1, 0.15) is 6.61 Å². The summed E-state index contributed by atoms with van der Waals surface area (Å²) in [4.78, 5) is 8.88. The summed E-state index contributed by atoms with van der Waals surface area (Å²) in [7, 11) is 0. The lowest BCUT2D eigenvalue weighted by Gasteiger charge is -2.39. The normalized spacial score (nSPS) is 21.0. The fourth-order valence-corrected chi connectivity index (χ4v) is 3.31. The lowest BCUT2D eigenvalue weighted by molar-refractivity contribution is -0.174. The Morgan fingerprint density at radius 1 is 1.43 bits per heavy atom. The molecule has 0 radical (unpaired) electrons. The van der Waals surface area contributed by atoms with Crippen LogP contribution in [0.3, 0.4) is 0 Å². The molecule has 1 aromatic heterocycles. The number of aromatic nitrogens is 1. The minimum atomic E-state index is -4.24. The Balaban J connectivity index is 1.73. The van der Waals surface area contributed by atoms with Crippen LogP contribution in [0.1, 0.15) is 12.6 Å². The second kappa shape index (κ2) is 6.93.